The molecule has 1 aliphatic heterocycles. The third kappa shape index (κ3) is 4.73. The second-order valence-corrected chi connectivity index (χ2v) is 5.16. The Morgan fingerprint density at radius 3 is 2.88 bits per heavy atom. The third-order valence-corrected chi connectivity index (χ3v) is 3.62. The zero-order valence-electron chi connectivity index (χ0n) is 10.4. The van der Waals surface area contributed by atoms with Crippen molar-refractivity contribution < 1.29 is 4.79 Å². The molecule has 0 saturated carbocycles. The average Bonchev–Trinajstić information content (AvgIpc) is 2.73. The summed E-state index contributed by atoms with van der Waals surface area (Å²) in [7, 11) is 0. The smallest absolute Gasteiger partial charge is 0.222 e. The van der Waals surface area contributed by atoms with Crippen molar-refractivity contribution >= 4 is 17.5 Å². The van der Waals surface area contributed by atoms with E-state index in [4.69, 9.17) is 11.6 Å². The zero-order valence-corrected chi connectivity index (χ0v) is 11.1. The number of halogens is 1. The fourth-order valence-corrected chi connectivity index (χ4v) is 2.62. The molecule has 1 saturated heterocycles. The minimum Gasteiger partial charge on any atom is -0.342 e. The highest BCUT2D eigenvalue weighted by molar-refractivity contribution is 6.17. The highest BCUT2D eigenvalue weighted by Crippen LogP contribution is 2.21. The van der Waals surface area contributed by atoms with Crippen LogP contribution in [0.3, 0.4) is 0 Å². The van der Waals surface area contributed by atoms with Crippen molar-refractivity contribution in [3.05, 3.63) is 0 Å². The zero-order chi connectivity index (χ0) is 11.8. The monoisotopic (exact) mass is 245 g/mol. The van der Waals surface area contributed by atoms with Crippen LogP contribution in [0.1, 0.15) is 51.9 Å². The van der Waals surface area contributed by atoms with Crippen molar-refractivity contribution in [2.45, 2.75) is 51.9 Å². The van der Waals surface area contributed by atoms with Gasteiger partial charge in [0.15, 0.2) is 0 Å². The van der Waals surface area contributed by atoms with Crippen LogP contribution in [0.2, 0.25) is 0 Å². The van der Waals surface area contributed by atoms with E-state index in [2.05, 4.69) is 6.92 Å². The number of carbonyl (C=O) groups excluding carboxylic acids is 1. The lowest BCUT2D eigenvalue weighted by Crippen LogP contribution is -2.28. The van der Waals surface area contributed by atoms with Crippen LogP contribution in [0.25, 0.3) is 0 Å². The van der Waals surface area contributed by atoms with E-state index in [1.54, 1.807) is 0 Å². The fourth-order valence-electron chi connectivity index (χ4n) is 2.31. The summed E-state index contributed by atoms with van der Waals surface area (Å²) in [6, 6.07) is 0. The van der Waals surface area contributed by atoms with Gasteiger partial charge in [0.2, 0.25) is 5.91 Å². The van der Waals surface area contributed by atoms with Gasteiger partial charge in [0.1, 0.15) is 0 Å². The van der Waals surface area contributed by atoms with Gasteiger partial charge in [0.25, 0.3) is 0 Å². The third-order valence-electron chi connectivity index (χ3n) is 3.40. The van der Waals surface area contributed by atoms with E-state index < -0.39 is 0 Å². The predicted molar refractivity (Wildman–Crippen MR) is 68.8 cm³/mol. The Bertz CT molecular complexity index is 208. The first-order valence-corrected chi connectivity index (χ1v) is 7.15. The van der Waals surface area contributed by atoms with Gasteiger partial charge in [-0.25, -0.2) is 0 Å². The van der Waals surface area contributed by atoms with Gasteiger partial charge in [-0.1, -0.05) is 26.2 Å². The Balaban J connectivity index is 2.13. The van der Waals surface area contributed by atoms with Crippen LogP contribution in [-0.2, 0) is 4.79 Å². The number of likely N-dealkylation sites (tertiary alicyclic amines) is 1. The normalized spacial score (nSPS) is 20.4. The molecule has 2 nitrogen and oxygen atoms in total. The van der Waals surface area contributed by atoms with Crippen molar-refractivity contribution in [1.29, 1.82) is 0 Å². The minimum absolute atomic E-state index is 0.355. The summed E-state index contributed by atoms with van der Waals surface area (Å²) in [4.78, 5) is 13.9. The molecule has 1 heterocycles. The second-order valence-electron chi connectivity index (χ2n) is 4.78. The van der Waals surface area contributed by atoms with Crippen LogP contribution in [0.15, 0.2) is 0 Å². The standard InChI is InChI=1S/C13H24ClNO/c1-2-3-4-5-6-13(16)15-10-8-12(11-15)7-9-14/h12H,2-11H2,1H3. The molecule has 0 aromatic carbocycles. The Hall–Kier alpha value is -0.240. The van der Waals surface area contributed by atoms with Crippen molar-refractivity contribution in [2.24, 2.45) is 5.92 Å². The van der Waals surface area contributed by atoms with E-state index in [1.165, 1.54) is 19.3 Å². The highest BCUT2D eigenvalue weighted by atomic mass is 35.5. The van der Waals surface area contributed by atoms with Gasteiger partial charge in [-0.05, 0) is 25.2 Å². The van der Waals surface area contributed by atoms with Crippen LogP contribution in [-0.4, -0.2) is 29.8 Å². The first-order chi connectivity index (χ1) is 7.77. The van der Waals surface area contributed by atoms with E-state index in [-0.39, 0.29) is 0 Å². The maximum absolute atomic E-state index is 11.9. The SMILES string of the molecule is CCCCCCC(=O)N1CCC(CCCl)C1. The summed E-state index contributed by atoms with van der Waals surface area (Å²) in [5.41, 5.74) is 0. The Labute approximate surface area is 104 Å². The van der Waals surface area contributed by atoms with Crippen LogP contribution >= 0.6 is 11.6 Å². The van der Waals surface area contributed by atoms with Crippen molar-refractivity contribution in [2.75, 3.05) is 19.0 Å². The molecule has 16 heavy (non-hydrogen) atoms. The summed E-state index contributed by atoms with van der Waals surface area (Å²) in [6.07, 6.45) is 7.69. The number of amides is 1. The molecular weight excluding hydrogens is 222 g/mol. The van der Waals surface area contributed by atoms with E-state index in [1.807, 2.05) is 4.90 Å². The molecule has 0 bridgehead atoms. The molecule has 0 radical (unpaired) electrons. The molecule has 3 heteroatoms. The van der Waals surface area contributed by atoms with Gasteiger partial charge >= 0.3 is 0 Å². The lowest BCUT2D eigenvalue weighted by molar-refractivity contribution is -0.130. The van der Waals surface area contributed by atoms with E-state index >= 15 is 0 Å². The van der Waals surface area contributed by atoms with E-state index in [0.717, 1.165) is 44.7 Å². The van der Waals surface area contributed by atoms with Crippen LogP contribution in [0, 0.1) is 5.92 Å². The average molecular weight is 246 g/mol. The minimum atomic E-state index is 0.355. The van der Waals surface area contributed by atoms with Crippen molar-refractivity contribution in [1.82, 2.24) is 4.90 Å². The van der Waals surface area contributed by atoms with E-state index in [9.17, 15) is 4.79 Å². The van der Waals surface area contributed by atoms with Gasteiger partial charge in [0.05, 0.1) is 0 Å². The van der Waals surface area contributed by atoms with Crippen molar-refractivity contribution in [3.8, 4) is 0 Å². The molecule has 0 aromatic heterocycles. The molecule has 1 aliphatic rings. The molecule has 94 valence electrons. The molecule has 1 atom stereocenters. The predicted octanol–water partition coefficient (Wildman–Crippen LogP) is 3.43. The topological polar surface area (TPSA) is 20.3 Å². The van der Waals surface area contributed by atoms with Gasteiger partial charge in [-0.2, -0.15) is 0 Å². The molecule has 0 aromatic rings. The largest absolute Gasteiger partial charge is 0.342 e. The molecule has 1 unspecified atom stereocenters. The molecule has 1 rings (SSSR count). The van der Waals surface area contributed by atoms with Crippen LogP contribution in [0.5, 0.6) is 0 Å². The molecule has 0 spiro atoms. The lowest BCUT2D eigenvalue weighted by atomic mass is 10.1. The maximum atomic E-state index is 11.9. The molecule has 0 N–H and O–H groups in total. The quantitative estimate of drug-likeness (QED) is 0.497. The Morgan fingerprint density at radius 2 is 2.19 bits per heavy atom. The first-order valence-electron chi connectivity index (χ1n) is 6.61. The Morgan fingerprint density at radius 1 is 1.38 bits per heavy atom. The van der Waals surface area contributed by atoms with Crippen LogP contribution in [0.4, 0.5) is 0 Å². The summed E-state index contributed by atoms with van der Waals surface area (Å²) in [6.45, 7) is 4.09. The van der Waals surface area contributed by atoms with Gasteiger partial charge in [-0.15, -0.1) is 11.6 Å². The van der Waals surface area contributed by atoms with Crippen LogP contribution < -0.4 is 0 Å². The number of hydrogen-bond donors (Lipinski definition) is 0. The lowest BCUT2D eigenvalue weighted by Gasteiger charge is -2.16. The summed E-state index contributed by atoms with van der Waals surface area (Å²) < 4.78 is 0. The number of nitrogens with zero attached hydrogens (tertiary/aromatic N) is 1. The molecule has 0 aliphatic carbocycles. The fraction of sp³-hybridized carbons (Fsp3) is 0.923. The number of carbonyl (C=O) groups is 1. The summed E-state index contributed by atoms with van der Waals surface area (Å²) in [5, 5.41) is 0. The van der Waals surface area contributed by atoms with Gasteiger partial charge < -0.3 is 4.90 Å². The van der Waals surface area contributed by atoms with Crippen molar-refractivity contribution in [3.63, 3.8) is 0 Å². The molecule has 1 amide bonds. The number of unbranched alkanes of at least 4 members (excludes halogenated alkanes) is 3. The van der Waals surface area contributed by atoms with Gasteiger partial charge in [0, 0.05) is 25.4 Å². The summed E-state index contributed by atoms with van der Waals surface area (Å²) >= 11 is 5.72. The molecular formula is C13H24ClNO. The van der Waals surface area contributed by atoms with Gasteiger partial charge in [-0.3, -0.25) is 4.79 Å². The highest BCUT2D eigenvalue weighted by Gasteiger charge is 2.24. The van der Waals surface area contributed by atoms with E-state index in [0.29, 0.717) is 11.8 Å². The second kappa shape index (κ2) is 7.94. The number of hydrogen-bond acceptors (Lipinski definition) is 1. The maximum Gasteiger partial charge on any atom is 0.222 e. The number of rotatable bonds is 7. The Kier molecular flexibility index (Phi) is 6.86. The summed E-state index contributed by atoms with van der Waals surface area (Å²) in [5.74, 6) is 1.73. The molecule has 1 fully saturated rings. The first kappa shape index (κ1) is 13.8. The number of alkyl halides is 1.